The predicted molar refractivity (Wildman–Crippen MR) is 77.5 cm³/mol. The molecule has 106 valence electrons. The minimum atomic E-state index is -0.172. The van der Waals surface area contributed by atoms with Crippen LogP contribution in [0.2, 0.25) is 0 Å². The van der Waals surface area contributed by atoms with Crippen molar-refractivity contribution in [2.75, 3.05) is 20.3 Å². The van der Waals surface area contributed by atoms with E-state index in [2.05, 4.69) is 16.7 Å². The highest BCUT2D eigenvalue weighted by Crippen LogP contribution is 2.30. The van der Waals surface area contributed by atoms with Gasteiger partial charge in [0, 0.05) is 30.0 Å². The maximum Gasteiger partial charge on any atom is 0.236 e. The molecule has 0 radical (unpaired) electrons. The van der Waals surface area contributed by atoms with E-state index in [0.717, 1.165) is 6.54 Å². The standard InChI is InChI=1S/C14H22N2O2S/c1-10(14(17)15-6-7-18-2)16-9-12-8-11-4-3-5-13(11)19-12/h8,10,16H,3-7,9H2,1-2H3,(H,15,17). The van der Waals surface area contributed by atoms with E-state index in [1.165, 1.54) is 34.6 Å². The highest BCUT2D eigenvalue weighted by atomic mass is 32.1. The number of fused-ring (bicyclic) bond motifs is 1. The third-order valence-electron chi connectivity index (χ3n) is 3.38. The van der Waals surface area contributed by atoms with Gasteiger partial charge in [0.1, 0.15) is 0 Å². The van der Waals surface area contributed by atoms with Crippen molar-refractivity contribution in [3.8, 4) is 0 Å². The maximum absolute atomic E-state index is 11.8. The Labute approximate surface area is 118 Å². The Bertz CT molecular complexity index is 410. The Hall–Kier alpha value is -0.910. The number of hydrogen-bond acceptors (Lipinski definition) is 4. The van der Waals surface area contributed by atoms with Gasteiger partial charge in [0.2, 0.25) is 5.91 Å². The molecule has 1 aliphatic carbocycles. The van der Waals surface area contributed by atoms with Crippen molar-refractivity contribution in [2.45, 2.75) is 38.8 Å². The summed E-state index contributed by atoms with van der Waals surface area (Å²) >= 11 is 1.88. The Morgan fingerprint density at radius 2 is 2.37 bits per heavy atom. The summed E-state index contributed by atoms with van der Waals surface area (Å²) in [5, 5.41) is 6.11. The highest BCUT2D eigenvalue weighted by Gasteiger charge is 2.16. The molecule has 0 saturated heterocycles. The minimum Gasteiger partial charge on any atom is -0.383 e. The molecule has 1 aromatic rings. The number of carbonyl (C=O) groups excluding carboxylic acids is 1. The quantitative estimate of drug-likeness (QED) is 0.745. The molecule has 0 spiro atoms. The first-order valence-corrected chi connectivity index (χ1v) is 7.63. The zero-order valence-electron chi connectivity index (χ0n) is 11.6. The smallest absolute Gasteiger partial charge is 0.236 e. The van der Waals surface area contributed by atoms with Crippen molar-refractivity contribution in [3.63, 3.8) is 0 Å². The van der Waals surface area contributed by atoms with E-state index in [-0.39, 0.29) is 11.9 Å². The lowest BCUT2D eigenvalue weighted by Gasteiger charge is -2.13. The summed E-state index contributed by atoms with van der Waals surface area (Å²) in [5.74, 6) is 0.0288. The van der Waals surface area contributed by atoms with Crippen LogP contribution in [0.15, 0.2) is 6.07 Å². The largest absolute Gasteiger partial charge is 0.383 e. The number of rotatable bonds is 7. The van der Waals surface area contributed by atoms with Crippen molar-refractivity contribution >= 4 is 17.2 Å². The first-order chi connectivity index (χ1) is 9.20. The van der Waals surface area contributed by atoms with Gasteiger partial charge in [-0.25, -0.2) is 0 Å². The van der Waals surface area contributed by atoms with Crippen LogP contribution in [-0.4, -0.2) is 32.2 Å². The number of carbonyl (C=O) groups is 1. The molecule has 1 unspecified atom stereocenters. The zero-order valence-corrected chi connectivity index (χ0v) is 12.4. The van der Waals surface area contributed by atoms with Crippen molar-refractivity contribution in [1.29, 1.82) is 0 Å². The summed E-state index contributed by atoms with van der Waals surface area (Å²) in [5.41, 5.74) is 1.51. The molecule has 1 amide bonds. The lowest BCUT2D eigenvalue weighted by molar-refractivity contribution is -0.122. The first kappa shape index (κ1) is 14.5. The van der Waals surface area contributed by atoms with E-state index in [1.807, 2.05) is 18.3 Å². The van der Waals surface area contributed by atoms with Crippen LogP contribution in [0.1, 0.15) is 28.7 Å². The van der Waals surface area contributed by atoms with Gasteiger partial charge in [-0.15, -0.1) is 11.3 Å². The molecule has 1 atom stereocenters. The molecule has 1 heterocycles. The van der Waals surface area contributed by atoms with Gasteiger partial charge in [-0.2, -0.15) is 0 Å². The van der Waals surface area contributed by atoms with Crippen molar-refractivity contribution in [1.82, 2.24) is 10.6 Å². The second-order valence-corrected chi connectivity index (χ2v) is 6.12. The Kier molecular flexibility index (Phi) is 5.36. The third kappa shape index (κ3) is 4.03. The molecule has 0 aromatic carbocycles. The molecule has 2 rings (SSSR count). The zero-order chi connectivity index (χ0) is 13.7. The molecule has 0 bridgehead atoms. The number of thiophene rings is 1. The van der Waals surface area contributed by atoms with Gasteiger partial charge >= 0.3 is 0 Å². The van der Waals surface area contributed by atoms with Gasteiger partial charge < -0.3 is 15.4 Å². The summed E-state index contributed by atoms with van der Waals surface area (Å²) in [7, 11) is 1.63. The second kappa shape index (κ2) is 7.03. The average molecular weight is 282 g/mol. The van der Waals surface area contributed by atoms with Gasteiger partial charge in [0.25, 0.3) is 0 Å². The van der Waals surface area contributed by atoms with Crippen LogP contribution < -0.4 is 10.6 Å². The van der Waals surface area contributed by atoms with Crippen LogP contribution in [0.4, 0.5) is 0 Å². The number of hydrogen-bond donors (Lipinski definition) is 2. The summed E-state index contributed by atoms with van der Waals surface area (Å²) in [6.45, 7) is 3.78. The van der Waals surface area contributed by atoms with Gasteiger partial charge in [0.05, 0.1) is 12.6 Å². The summed E-state index contributed by atoms with van der Waals surface area (Å²) < 4.78 is 4.90. The van der Waals surface area contributed by atoms with E-state index in [9.17, 15) is 4.79 Å². The number of amides is 1. The predicted octanol–water partition coefficient (Wildman–Crippen LogP) is 1.48. The minimum absolute atomic E-state index is 0.0288. The summed E-state index contributed by atoms with van der Waals surface area (Å²) in [6, 6.07) is 2.11. The van der Waals surface area contributed by atoms with E-state index >= 15 is 0 Å². The molecule has 0 fully saturated rings. The molecule has 5 heteroatoms. The lowest BCUT2D eigenvalue weighted by Crippen LogP contribution is -2.42. The number of aryl methyl sites for hydroxylation is 2. The number of nitrogens with one attached hydrogen (secondary N) is 2. The van der Waals surface area contributed by atoms with Gasteiger partial charge in [0.15, 0.2) is 0 Å². The fourth-order valence-corrected chi connectivity index (χ4v) is 3.47. The van der Waals surface area contributed by atoms with E-state index in [0.29, 0.717) is 13.2 Å². The molecule has 2 N–H and O–H groups in total. The SMILES string of the molecule is COCCNC(=O)C(C)NCc1cc2c(s1)CCC2. The Morgan fingerprint density at radius 3 is 3.11 bits per heavy atom. The van der Waals surface area contributed by atoms with Gasteiger partial charge in [-0.05, 0) is 37.8 Å². The lowest BCUT2D eigenvalue weighted by atomic mass is 10.2. The van der Waals surface area contributed by atoms with Crippen LogP contribution in [0.25, 0.3) is 0 Å². The fourth-order valence-electron chi connectivity index (χ4n) is 2.25. The van der Waals surface area contributed by atoms with Gasteiger partial charge in [-0.1, -0.05) is 0 Å². The van der Waals surface area contributed by atoms with Crippen LogP contribution in [0, 0.1) is 0 Å². The summed E-state index contributed by atoms with van der Waals surface area (Å²) in [6.07, 6.45) is 3.75. The molecule has 19 heavy (non-hydrogen) atoms. The molecule has 1 aliphatic rings. The number of methoxy groups -OCH3 is 1. The normalized spacial score (nSPS) is 15.3. The second-order valence-electron chi connectivity index (χ2n) is 4.90. The fraction of sp³-hybridized carbons (Fsp3) is 0.643. The average Bonchev–Trinajstić information content (AvgIpc) is 2.96. The van der Waals surface area contributed by atoms with E-state index in [4.69, 9.17) is 4.74 Å². The molecular weight excluding hydrogens is 260 g/mol. The molecule has 0 saturated carbocycles. The molecule has 1 aromatic heterocycles. The topological polar surface area (TPSA) is 50.4 Å². The van der Waals surface area contributed by atoms with Gasteiger partial charge in [-0.3, -0.25) is 4.79 Å². The van der Waals surface area contributed by atoms with Crippen molar-refractivity contribution in [3.05, 3.63) is 21.4 Å². The van der Waals surface area contributed by atoms with Crippen molar-refractivity contribution < 1.29 is 9.53 Å². The van der Waals surface area contributed by atoms with Crippen LogP contribution in [-0.2, 0) is 28.9 Å². The Morgan fingerprint density at radius 1 is 1.53 bits per heavy atom. The monoisotopic (exact) mass is 282 g/mol. The molecule has 4 nitrogen and oxygen atoms in total. The van der Waals surface area contributed by atoms with Crippen molar-refractivity contribution in [2.24, 2.45) is 0 Å². The highest BCUT2D eigenvalue weighted by molar-refractivity contribution is 7.12. The van der Waals surface area contributed by atoms with Crippen LogP contribution >= 0.6 is 11.3 Å². The molecule has 0 aliphatic heterocycles. The Balaban J connectivity index is 1.73. The number of ether oxygens (including phenoxy) is 1. The first-order valence-electron chi connectivity index (χ1n) is 6.81. The molecular formula is C14H22N2O2S. The third-order valence-corrected chi connectivity index (χ3v) is 4.62. The van der Waals surface area contributed by atoms with Crippen LogP contribution in [0.5, 0.6) is 0 Å². The van der Waals surface area contributed by atoms with Crippen LogP contribution in [0.3, 0.4) is 0 Å². The maximum atomic E-state index is 11.8. The van der Waals surface area contributed by atoms with E-state index in [1.54, 1.807) is 7.11 Å². The summed E-state index contributed by atoms with van der Waals surface area (Å²) in [4.78, 5) is 14.6. The van der Waals surface area contributed by atoms with E-state index < -0.39 is 0 Å².